The molecule has 1 N–H and O–H groups in total. The van der Waals surface area contributed by atoms with Gasteiger partial charge in [-0.25, -0.2) is 0 Å². The Labute approximate surface area is 230 Å². The van der Waals surface area contributed by atoms with Gasteiger partial charge in [0, 0.05) is 33.1 Å². The van der Waals surface area contributed by atoms with Gasteiger partial charge in [0.1, 0.15) is 11.5 Å². The molecule has 6 rings (SSSR count). The summed E-state index contributed by atoms with van der Waals surface area (Å²) < 4.78 is 43.2. The molecule has 1 fully saturated rings. The highest BCUT2D eigenvalue weighted by Crippen LogP contribution is 2.56. The van der Waals surface area contributed by atoms with Gasteiger partial charge in [-0.3, -0.25) is 24.1 Å². The van der Waals surface area contributed by atoms with Crippen molar-refractivity contribution in [2.45, 2.75) is 38.6 Å². The predicted molar refractivity (Wildman–Crippen MR) is 136 cm³/mol. The van der Waals surface area contributed by atoms with Crippen LogP contribution in [0.4, 0.5) is 13.2 Å². The third-order valence-corrected chi connectivity index (χ3v) is 8.95. The molecule has 0 unspecified atom stereocenters. The van der Waals surface area contributed by atoms with Crippen molar-refractivity contribution in [1.29, 1.82) is 0 Å². The number of alkyl halides is 3. The second kappa shape index (κ2) is 9.29. The number of carbonyl (C=O) groups excluding carboxylic acids is 4. The Morgan fingerprint density at radius 1 is 1.10 bits per heavy atom. The average molecular weight is 570 g/mol. The number of thiophene rings is 1. The summed E-state index contributed by atoms with van der Waals surface area (Å²) in [7, 11) is 0. The van der Waals surface area contributed by atoms with Crippen LogP contribution in [0.1, 0.15) is 36.1 Å². The molecule has 1 aromatic carbocycles. The first-order valence-electron chi connectivity index (χ1n) is 12.6. The number of ketones is 2. The number of imide groups is 1. The van der Waals surface area contributed by atoms with Crippen molar-refractivity contribution in [2.24, 2.45) is 17.8 Å². The van der Waals surface area contributed by atoms with Gasteiger partial charge in [0.05, 0.1) is 18.4 Å². The Kier molecular flexibility index (Phi) is 6.10. The van der Waals surface area contributed by atoms with Crippen LogP contribution in [0.15, 0.2) is 70.2 Å². The number of carbonyl (C=O) groups is 4. The number of ether oxygens (including phenoxy) is 1. The fourth-order valence-electron chi connectivity index (χ4n) is 6.46. The lowest BCUT2D eigenvalue weighted by atomic mass is 9.59. The average Bonchev–Trinajstić information content (AvgIpc) is 3.49. The number of rotatable bonds is 4. The number of fused-ring (bicyclic) bond motifs is 3. The van der Waals surface area contributed by atoms with Crippen molar-refractivity contribution in [1.82, 2.24) is 4.90 Å². The van der Waals surface area contributed by atoms with E-state index in [-0.39, 0.29) is 53.5 Å². The van der Waals surface area contributed by atoms with E-state index < -0.39 is 53.1 Å². The molecule has 4 aliphatic rings. The first-order chi connectivity index (χ1) is 18.9. The quantitative estimate of drug-likeness (QED) is 0.317. The minimum absolute atomic E-state index is 0.0263. The van der Waals surface area contributed by atoms with Crippen LogP contribution < -0.4 is 4.74 Å². The van der Waals surface area contributed by atoms with Crippen LogP contribution in [0.3, 0.4) is 0 Å². The van der Waals surface area contributed by atoms with Gasteiger partial charge in [-0.05, 0) is 61.4 Å². The second-order valence-corrected chi connectivity index (χ2v) is 11.4. The highest BCUT2D eigenvalue weighted by molar-refractivity contribution is 7.09. The van der Waals surface area contributed by atoms with Crippen LogP contribution in [0.25, 0.3) is 0 Å². The van der Waals surface area contributed by atoms with E-state index in [1.807, 2.05) is 17.5 Å². The molecule has 2 heterocycles. The molecule has 7 nitrogen and oxygen atoms in total. The van der Waals surface area contributed by atoms with Crippen LogP contribution in [0, 0.1) is 17.8 Å². The third-order valence-electron chi connectivity index (χ3n) is 8.09. The molecule has 0 radical (unpaired) electrons. The molecule has 11 heteroatoms. The Morgan fingerprint density at radius 2 is 1.88 bits per heavy atom. The molecular weight excluding hydrogens is 547 g/mol. The number of aromatic hydroxyl groups is 1. The van der Waals surface area contributed by atoms with Crippen LogP contribution in [-0.2, 0) is 25.7 Å². The van der Waals surface area contributed by atoms with Crippen molar-refractivity contribution in [2.75, 3.05) is 0 Å². The summed E-state index contributed by atoms with van der Waals surface area (Å²) in [5.41, 5.74) is 0.846. The Hall–Kier alpha value is -3.99. The molecule has 2 aromatic rings. The highest BCUT2D eigenvalue weighted by atomic mass is 32.1. The van der Waals surface area contributed by atoms with E-state index in [0.29, 0.717) is 5.57 Å². The summed E-state index contributed by atoms with van der Waals surface area (Å²) in [5, 5.41) is 12.7. The number of nitrogens with zero attached hydrogens (tertiary/aromatic N) is 1. The predicted octanol–water partition coefficient (Wildman–Crippen LogP) is 4.98. The molecule has 0 bridgehead atoms. The maximum atomic E-state index is 13.7. The van der Waals surface area contributed by atoms with Gasteiger partial charge in [-0.1, -0.05) is 17.7 Å². The van der Waals surface area contributed by atoms with Crippen LogP contribution in [0.2, 0.25) is 0 Å². The van der Waals surface area contributed by atoms with Crippen molar-refractivity contribution < 1.29 is 42.2 Å². The summed E-state index contributed by atoms with van der Waals surface area (Å²) in [6.07, 6.45) is -1.84. The van der Waals surface area contributed by atoms with Crippen LogP contribution in [-0.4, -0.2) is 39.7 Å². The van der Waals surface area contributed by atoms with Crippen molar-refractivity contribution in [3.63, 3.8) is 0 Å². The lowest BCUT2D eigenvalue weighted by molar-refractivity contribution is -0.274. The molecule has 40 heavy (non-hydrogen) atoms. The first-order valence-corrected chi connectivity index (χ1v) is 13.5. The van der Waals surface area contributed by atoms with E-state index in [0.717, 1.165) is 23.1 Å². The number of phenols is 1. The molecule has 4 atom stereocenters. The maximum absolute atomic E-state index is 13.7. The lowest BCUT2D eigenvalue weighted by Crippen LogP contribution is -2.39. The summed E-state index contributed by atoms with van der Waals surface area (Å²) >= 11 is 1.41. The Morgan fingerprint density at radius 3 is 2.58 bits per heavy atom. The normalized spacial score (nSPS) is 26.4. The number of halogens is 3. The summed E-state index contributed by atoms with van der Waals surface area (Å²) in [6, 6.07) is 6.64. The van der Waals surface area contributed by atoms with Gasteiger partial charge in [-0.15, -0.1) is 24.5 Å². The largest absolute Gasteiger partial charge is 0.573 e. The zero-order chi connectivity index (χ0) is 28.5. The third kappa shape index (κ3) is 4.19. The zero-order valence-corrected chi connectivity index (χ0v) is 21.8. The highest BCUT2D eigenvalue weighted by Gasteiger charge is 2.56. The molecule has 0 saturated carbocycles. The van der Waals surface area contributed by atoms with E-state index in [1.165, 1.54) is 29.2 Å². The molecule has 3 aliphatic carbocycles. The van der Waals surface area contributed by atoms with Crippen molar-refractivity contribution >= 4 is 34.7 Å². The van der Waals surface area contributed by atoms with Crippen LogP contribution >= 0.6 is 11.3 Å². The topological polar surface area (TPSA) is 101 Å². The fraction of sp³-hybridized carbons (Fsp3) is 0.310. The van der Waals surface area contributed by atoms with Gasteiger partial charge >= 0.3 is 6.36 Å². The number of hydrogen-bond acceptors (Lipinski definition) is 7. The molecule has 1 aliphatic heterocycles. The maximum Gasteiger partial charge on any atom is 0.573 e. The molecule has 2 amide bonds. The Bertz CT molecular complexity index is 1570. The van der Waals surface area contributed by atoms with E-state index in [9.17, 15) is 37.5 Å². The number of amides is 2. The standard InChI is InChI=1S/C29H22F3NO6S/c1-13-9-22(35)20-11-18-16(5-6-17-24(18)28(38)33(27(17)37)12-15-3-2-8-40-15)23(25(20)26(13)36)19-10-14(4-7-21(19)34)39-29(30,31)32/h2-5,7-10,17-18,23-24,34H,6,11-12H2,1H3/t17-,18+,23+,24-/m0/s1. The lowest BCUT2D eigenvalue weighted by Gasteiger charge is -2.42. The minimum atomic E-state index is -5.00. The summed E-state index contributed by atoms with van der Waals surface area (Å²) in [6.45, 7) is 1.60. The van der Waals surface area contributed by atoms with Gasteiger partial charge in [0.25, 0.3) is 0 Å². The molecule has 0 spiro atoms. The monoisotopic (exact) mass is 569 g/mol. The van der Waals surface area contributed by atoms with Crippen molar-refractivity contribution in [3.8, 4) is 11.5 Å². The number of likely N-dealkylation sites (tertiary alicyclic amines) is 1. The fourth-order valence-corrected chi connectivity index (χ4v) is 7.15. The SMILES string of the molecule is CC1=CC(=O)C2=C(C1=O)[C@@H](c1cc(OC(F)(F)F)ccc1O)C1=CC[C@@H]3C(=O)N(Cc4cccs4)C(=O)[C@@H]3[C@@H]1C2. The molecule has 1 saturated heterocycles. The van der Waals surface area contributed by atoms with Gasteiger partial charge in [0.2, 0.25) is 11.8 Å². The first kappa shape index (κ1) is 26.2. The summed E-state index contributed by atoms with van der Waals surface area (Å²) in [4.78, 5) is 55.8. The number of Topliss-reactive ketones (excluding diaryl/α,β-unsaturated/α-hetero) is 1. The molecule has 1 aromatic heterocycles. The second-order valence-electron chi connectivity index (χ2n) is 10.3. The van der Waals surface area contributed by atoms with E-state index in [4.69, 9.17) is 0 Å². The number of phenolic OH excluding ortho intramolecular Hbond substituents is 1. The molecular formula is C29H22F3NO6S. The van der Waals surface area contributed by atoms with Crippen molar-refractivity contribution in [3.05, 3.63) is 80.6 Å². The van der Waals surface area contributed by atoms with Gasteiger partial charge in [0.15, 0.2) is 11.6 Å². The smallest absolute Gasteiger partial charge is 0.508 e. The number of benzene rings is 1. The Balaban J connectivity index is 1.47. The van der Waals surface area contributed by atoms with Gasteiger partial charge < -0.3 is 9.84 Å². The van der Waals surface area contributed by atoms with E-state index >= 15 is 0 Å². The van der Waals surface area contributed by atoms with E-state index in [2.05, 4.69) is 4.74 Å². The zero-order valence-electron chi connectivity index (χ0n) is 21.0. The summed E-state index contributed by atoms with van der Waals surface area (Å²) in [5.74, 6) is -5.83. The minimum Gasteiger partial charge on any atom is -0.508 e. The number of allylic oxidation sites excluding steroid dienone is 6. The molecule has 206 valence electrons. The number of hydrogen-bond donors (Lipinski definition) is 1. The van der Waals surface area contributed by atoms with E-state index in [1.54, 1.807) is 6.08 Å². The van der Waals surface area contributed by atoms with Crippen LogP contribution in [0.5, 0.6) is 11.5 Å². The van der Waals surface area contributed by atoms with Gasteiger partial charge in [-0.2, -0.15) is 0 Å².